The molecule has 0 aromatic rings. The van der Waals surface area contributed by atoms with Crippen LogP contribution in [0, 0.1) is 0 Å². The molecule has 5 heteroatoms. The molecule has 2 unspecified atom stereocenters. The predicted molar refractivity (Wildman–Crippen MR) is 65.7 cm³/mol. The maximum absolute atomic E-state index is 11.4. The Morgan fingerprint density at radius 3 is 2.25 bits per heavy atom. The molecular formula is C11H22N2O2S. The normalized spacial score (nSPS) is 27.3. The minimum absolute atomic E-state index is 0.138. The Bertz CT molecular complexity index is 240. The zero-order valence-electron chi connectivity index (χ0n) is 9.81. The fourth-order valence-corrected chi connectivity index (χ4v) is 3.29. The third-order valence-electron chi connectivity index (χ3n) is 3.67. The quantitative estimate of drug-likeness (QED) is 0.738. The summed E-state index contributed by atoms with van der Waals surface area (Å²) in [6.45, 7) is 5.32. The zero-order valence-corrected chi connectivity index (χ0v) is 10.6. The summed E-state index contributed by atoms with van der Waals surface area (Å²) >= 11 is -1.70. The average molecular weight is 246 g/mol. The molecule has 0 aromatic heterocycles. The number of rotatable bonds is 5. The molecule has 2 rings (SSSR count). The fourth-order valence-electron chi connectivity index (χ4n) is 2.52. The van der Waals surface area contributed by atoms with Crippen LogP contribution in [0.15, 0.2) is 0 Å². The first-order valence-electron chi connectivity index (χ1n) is 6.33. The summed E-state index contributed by atoms with van der Waals surface area (Å²) in [5.74, 6) is 0. The lowest BCUT2D eigenvalue weighted by molar-refractivity contribution is 0.146. The van der Waals surface area contributed by atoms with Crippen molar-refractivity contribution < 1.29 is 8.76 Å². The van der Waals surface area contributed by atoms with Crippen LogP contribution in [0.2, 0.25) is 0 Å². The van der Waals surface area contributed by atoms with Crippen LogP contribution in [0.25, 0.3) is 0 Å². The molecule has 94 valence electrons. The van der Waals surface area contributed by atoms with Crippen molar-refractivity contribution in [2.75, 3.05) is 32.7 Å². The van der Waals surface area contributed by atoms with E-state index in [0.29, 0.717) is 0 Å². The Labute approximate surface area is 100 Å². The Hall–Kier alpha value is 0.0300. The maximum atomic E-state index is 11.4. The van der Waals surface area contributed by atoms with Gasteiger partial charge >= 0.3 is 0 Å². The van der Waals surface area contributed by atoms with E-state index < -0.39 is 11.1 Å². The zero-order chi connectivity index (χ0) is 11.4. The lowest BCUT2D eigenvalue weighted by atomic mass is 10.1. The van der Waals surface area contributed by atoms with Crippen molar-refractivity contribution in [2.45, 2.75) is 37.5 Å². The second kappa shape index (κ2) is 6.10. The second-order valence-electron chi connectivity index (χ2n) is 4.81. The topological polar surface area (TPSA) is 43.8 Å². The van der Waals surface area contributed by atoms with Gasteiger partial charge in [0.1, 0.15) is 5.37 Å². The molecule has 0 spiro atoms. The van der Waals surface area contributed by atoms with Crippen LogP contribution in [0.5, 0.6) is 0 Å². The standard InChI is InChI=1S/C11H22N2O2S/c14-16(15)11(5-10-12-6-4-7-12)13-8-2-1-3-9-13/h11H,1-10H2,(H,14,15). The molecule has 4 nitrogen and oxygen atoms in total. The van der Waals surface area contributed by atoms with Crippen molar-refractivity contribution in [3.05, 3.63) is 0 Å². The van der Waals surface area contributed by atoms with E-state index in [1.165, 1.54) is 38.8 Å². The summed E-state index contributed by atoms with van der Waals surface area (Å²) in [5, 5.41) is -0.138. The first-order chi connectivity index (χ1) is 7.77. The highest BCUT2D eigenvalue weighted by Crippen LogP contribution is 2.17. The highest BCUT2D eigenvalue weighted by molar-refractivity contribution is 7.79. The number of hydrogen-bond acceptors (Lipinski definition) is 3. The number of nitrogens with zero attached hydrogens (tertiary/aromatic N) is 2. The molecule has 2 heterocycles. The summed E-state index contributed by atoms with van der Waals surface area (Å²) in [6.07, 6.45) is 5.75. The van der Waals surface area contributed by atoms with Crippen LogP contribution >= 0.6 is 0 Å². The molecule has 1 N–H and O–H groups in total. The van der Waals surface area contributed by atoms with Gasteiger partial charge in [-0.2, -0.15) is 0 Å². The monoisotopic (exact) mass is 246 g/mol. The second-order valence-corrected chi connectivity index (χ2v) is 5.91. The summed E-state index contributed by atoms with van der Waals surface area (Å²) in [6, 6.07) is 0. The van der Waals surface area contributed by atoms with Gasteiger partial charge in [0.05, 0.1) is 0 Å². The number of piperidine rings is 1. The van der Waals surface area contributed by atoms with Gasteiger partial charge in [0.25, 0.3) is 0 Å². The van der Waals surface area contributed by atoms with Crippen LogP contribution in [-0.4, -0.2) is 56.7 Å². The lowest BCUT2D eigenvalue weighted by Gasteiger charge is -2.36. The van der Waals surface area contributed by atoms with E-state index in [1.807, 2.05) is 0 Å². The van der Waals surface area contributed by atoms with E-state index in [4.69, 9.17) is 0 Å². The van der Waals surface area contributed by atoms with Crippen molar-refractivity contribution in [2.24, 2.45) is 0 Å². The van der Waals surface area contributed by atoms with E-state index in [0.717, 1.165) is 26.1 Å². The molecule has 16 heavy (non-hydrogen) atoms. The first-order valence-corrected chi connectivity index (χ1v) is 7.50. The molecule has 0 aromatic carbocycles. The molecule has 0 saturated carbocycles. The van der Waals surface area contributed by atoms with Crippen LogP contribution < -0.4 is 0 Å². The summed E-state index contributed by atoms with van der Waals surface area (Å²) in [7, 11) is 0. The van der Waals surface area contributed by atoms with Crippen LogP contribution in [0.4, 0.5) is 0 Å². The van der Waals surface area contributed by atoms with Gasteiger partial charge in [-0.3, -0.25) is 4.90 Å². The third-order valence-corrected chi connectivity index (χ3v) is 4.67. The van der Waals surface area contributed by atoms with Crippen LogP contribution in [-0.2, 0) is 11.1 Å². The van der Waals surface area contributed by atoms with Gasteiger partial charge in [-0.1, -0.05) is 6.42 Å². The molecule has 0 amide bonds. The Morgan fingerprint density at radius 2 is 1.75 bits per heavy atom. The third kappa shape index (κ3) is 3.26. The van der Waals surface area contributed by atoms with Crippen molar-refractivity contribution in [3.8, 4) is 0 Å². The molecule has 2 aliphatic rings. The van der Waals surface area contributed by atoms with Gasteiger partial charge in [0.2, 0.25) is 0 Å². The van der Waals surface area contributed by atoms with Crippen LogP contribution in [0.1, 0.15) is 32.1 Å². The van der Waals surface area contributed by atoms with E-state index in [9.17, 15) is 8.76 Å². The van der Waals surface area contributed by atoms with Gasteiger partial charge in [0.15, 0.2) is 11.1 Å². The van der Waals surface area contributed by atoms with Crippen molar-refractivity contribution in [1.29, 1.82) is 0 Å². The van der Waals surface area contributed by atoms with Crippen molar-refractivity contribution >= 4 is 11.1 Å². The minimum atomic E-state index is -1.70. The molecule has 2 aliphatic heterocycles. The van der Waals surface area contributed by atoms with Crippen molar-refractivity contribution in [3.63, 3.8) is 0 Å². The SMILES string of the molecule is O=S(O)C(CCN1CCC1)N1CCCCC1. The van der Waals surface area contributed by atoms with E-state index in [1.54, 1.807) is 0 Å². The molecule has 0 aliphatic carbocycles. The molecular weight excluding hydrogens is 224 g/mol. The Balaban J connectivity index is 1.80. The van der Waals surface area contributed by atoms with Gasteiger partial charge in [-0.15, -0.1) is 0 Å². The average Bonchev–Trinajstić information content (AvgIpc) is 2.22. The Morgan fingerprint density at radius 1 is 1.06 bits per heavy atom. The highest BCUT2D eigenvalue weighted by Gasteiger charge is 2.26. The molecule has 2 fully saturated rings. The first kappa shape index (κ1) is 12.5. The van der Waals surface area contributed by atoms with Gasteiger partial charge in [-0.25, -0.2) is 4.21 Å². The number of hydrogen-bond donors (Lipinski definition) is 1. The summed E-state index contributed by atoms with van der Waals surface area (Å²) < 4.78 is 20.7. The van der Waals surface area contributed by atoms with Crippen molar-refractivity contribution in [1.82, 2.24) is 9.80 Å². The summed E-state index contributed by atoms with van der Waals surface area (Å²) in [5.41, 5.74) is 0. The predicted octanol–water partition coefficient (Wildman–Crippen LogP) is 1.12. The molecule has 0 radical (unpaired) electrons. The molecule has 2 atom stereocenters. The van der Waals surface area contributed by atoms with Crippen LogP contribution in [0.3, 0.4) is 0 Å². The van der Waals surface area contributed by atoms with E-state index in [-0.39, 0.29) is 5.37 Å². The van der Waals surface area contributed by atoms with E-state index >= 15 is 0 Å². The minimum Gasteiger partial charge on any atom is -0.305 e. The highest BCUT2D eigenvalue weighted by atomic mass is 32.2. The van der Waals surface area contributed by atoms with Gasteiger partial charge < -0.3 is 9.45 Å². The van der Waals surface area contributed by atoms with Gasteiger partial charge in [-0.05, 0) is 51.9 Å². The Kier molecular flexibility index (Phi) is 4.76. The smallest absolute Gasteiger partial charge is 0.170 e. The fraction of sp³-hybridized carbons (Fsp3) is 1.00. The largest absolute Gasteiger partial charge is 0.305 e. The number of likely N-dealkylation sites (tertiary alicyclic amines) is 2. The summed E-state index contributed by atoms with van der Waals surface area (Å²) in [4.78, 5) is 4.57. The molecule has 2 saturated heterocycles. The lowest BCUT2D eigenvalue weighted by Crippen LogP contribution is -2.45. The maximum Gasteiger partial charge on any atom is 0.170 e. The molecule has 0 bridgehead atoms. The van der Waals surface area contributed by atoms with Gasteiger partial charge in [0, 0.05) is 6.54 Å². The van der Waals surface area contributed by atoms with E-state index in [2.05, 4.69) is 9.80 Å².